The molecule has 1 aromatic rings. The fraction of sp³-hybridized carbons (Fsp3) is 0.273. The second kappa shape index (κ2) is 5.16. The van der Waals surface area contributed by atoms with Crippen LogP contribution in [0.5, 0.6) is 0 Å². The van der Waals surface area contributed by atoms with Crippen LogP contribution in [0.15, 0.2) is 24.3 Å². The summed E-state index contributed by atoms with van der Waals surface area (Å²) >= 11 is 0. The van der Waals surface area contributed by atoms with Gasteiger partial charge in [0.05, 0.1) is 7.11 Å². The van der Waals surface area contributed by atoms with Crippen LogP contribution in [-0.4, -0.2) is 25.0 Å². The molecule has 0 aliphatic rings. The molecule has 5 heteroatoms. The number of esters is 1. The Hall–Kier alpha value is -2.04. The Labute approximate surface area is 93.6 Å². The first-order chi connectivity index (χ1) is 7.54. The van der Waals surface area contributed by atoms with Gasteiger partial charge in [-0.1, -0.05) is 0 Å². The van der Waals surface area contributed by atoms with Gasteiger partial charge < -0.3 is 15.8 Å². The van der Waals surface area contributed by atoms with Gasteiger partial charge in [-0.05, 0) is 31.2 Å². The number of carbonyl (C=O) groups is 2. The zero-order chi connectivity index (χ0) is 12.1. The van der Waals surface area contributed by atoms with Gasteiger partial charge in [0.15, 0.2) is 0 Å². The molecule has 0 saturated heterocycles. The predicted molar refractivity (Wildman–Crippen MR) is 59.8 cm³/mol. The molecule has 16 heavy (non-hydrogen) atoms. The third-order valence-corrected chi connectivity index (χ3v) is 2.08. The van der Waals surface area contributed by atoms with E-state index in [1.54, 1.807) is 31.2 Å². The summed E-state index contributed by atoms with van der Waals surface area (Å²) in [4.78, 5) is 22.7. The van der Waals surface area contributed by atoms with Gasteiger partial charge in [-0.2, -0.15) is 0 Å². The van der Waals surface area contributed by atoms with Crippen LogP contribution in [0.25, 0.3) is 0 Å². The highest BCUT2D eigenvalue weighted by molar-refractivity contribution is 5.96. The van der Waals surface area contributed by atoms with Crippen LogP contribution in [0.2, 0.25) is 0 Å². The van der Waals surface area contributed by atoms with E-state index in [0.717, 1.165) is 0 Å². The number of hydrogen-bond acceptors (Lipinski definition) is 4. The van der Waals surface area contributed by atoms with Crippen LogP contribution in [0.1, 0.15) is 17.3 Å². The molecule has 0 spiro atoms. The lowest BCUT2D eigenvalue weighted by Gasteiger charge is -2.11. The molecule has 3 N–H and O–H groups in total. The van der Waals surface area contributed by atoms with Crippen molar-refractivity contribution in [2.75, 3.05) is 12.8 Å². The van der Waals surface area contributed by atoms with Crippen LogP contribution in [-0.2, 0) is 9.53 Å². The van der Waals surface area contributed by atoms with Crippen molar-refractivity contribution in [1.82, 2.24) is 5.32 Å². The average molecular weight is 222 g/mol. The maximum atomic E-state index is 11.6. The van der Waals surface area contributed by atoms with Crippen LogP contribution in [0, 0.1) is 0 Å². The Morgan fingerprint density at radius 2 is 1.88 bits per heavy atom. The van der Waals surface area contributed by atoms with Crippen LogP contribution >= 0.6 is 0 Å². The van der Waals surface area contributed by atoms with Crippen molar-refractivity contribution < 1.29 is 14.3 Å². The third kappa shape index (κ3) is 2.98. The number of anilines is 1. The third-order valence-electron chi connectivity index (χ3n) is 2.08. The summed E-state index contributed by atoms with van der Waals surface area (Å²) in [7, 11) is 1.27. The monoisotopic (exact) mass is 222 g/mol. The van der Waals surface area contributed by atoms with Crippen molar-refractivity contribution in [2.24, 2.45) is 0 Å². The lowest BCUT2D eigenvalue weighted by Crippen LogP contribution is -2.39. The van der Waals surface area contributed by atoms with Gasteiger partial charge in [0, 0.05) is 11.3 Å². The van der Waals surface area contributed by atoms with Crippen molar-refractivity contribution in [1.29, 1.82) is 0 Å². The molecule has 1 amide bonds. The van der Waals surface area contributed by atoms with Gasteiger partial charge in [0.25, 0.3) is 5.91 Å². The van der Waals surface area contributed by atoms with Crippen molar-refractivity contribution in [3.05, 3.63) is 29.8 Å². The summed E-state index contributed by atoms with van der Waals surface area (Å²) in [6, 6.07) is 5.76. The number of hydrogen-bond donors (Lipinski definition) is 2. The Kier molecular flexibility index (Phi) is 3.88. The molecule has 1 aromatic carbocycles. The molecule has 1 rings (SSSR count). The van der Waals surface area contributed by atoms with Gasteiger partial charge in [0.2, 0.25) is 0 Å². The van der Waals surface area contributed by atoms with Crippen LogP contribution in [0.3, 0.4) is 0 Å². The summed E-state index contributed by atoms with van der Waals surface area (Å²) in [5, 5.41) is 2.51. The zero-order valence-corrected chi connectivity index (χ0v) is 9.19. The molecule has 0 radical (unpaired) electrons. The van der Waals surface area contributed by atoms with Crippen molar-refractivity contribution >= 4 is 17.6 Å². The number of methoxy groups -OCH3 is 1. The van der Waals surface area contributed by atoms with Gasteiger partial charge in [0.1, 0.15) is 6.04 Å². The minimum Gasteiger partial charge on any atom is -0.467 e. The zero-order valence-electron chi connectivity index (χ0n) is 9.19. The van der Waals surface area contributed by atoms with E-state index in [-0.39, 0.29) is 5.91 Å². The summed E-state index contributed by atoms with van der Waals surface area (Å²) in [6.45, 7) is 1.56. The Morgan fingerprint density at radius 1 is 1.31 bits per heavy atom. The number of rotatable bonds is 3. The largest absolute Gasteiger partial charge is 0.467 e. The molecule has 1 atom stereocenters. The minimum absolute atomic E-state index is 0.335. The molecule has 0 aliphatic carbocycles. The number of nitrogen functional groups attached to an aromatic ring is 1. The van der Waals surface area contributed by atoms with E-state index in [0.29, 0.717) is 11.3 Å². The summed E-state index contributed by atoms with van der Waals surface area (Å²) < 4.78 is 4.49. The summed E-state index contributed by atoms with van der Waals surface area (Å²) in [5.74, 6) is -0.818. The molecule has 0 aromatic heterocycles. The highest BCUT2D eigenvalue weighted by atomic mass is 16.5. The number of amides is 1. The lowest BCUT2D eigenvalue weighted by atomic mass is 10.2. The van der Waals surface area contributed by atoms with E-state index in [9.17, 15) is 9.59 Å². The quantitative estimate of drug-likeness (QED) is 0.578. The first-order valence-electron chi connectivity index (χ1n) is 4.79. The predicted octanol–water partition coefficient (Wildman–Crippen LogP) is 0.560. The fourth-order valence-corrected chi connectivity index (χ4v) is 1.15. The highest BCUT2D eigenvalue weighted by Crippen LogP contribution is 2.05. The highest BCUT2D eigenvalue weighted by Gasteiger charge is 2.16. The number of benzene rings is 1. The molecule has 0 unspecified atom stereocenters. The fourth-order valence-electron chi connectivity index (χ4n) is 1.15. The van der Waals surface area contributed by atoms with Crippen LogP contribution < -0.4 is 11.1 Å². The van der Waals surface area contributed by atoms with Crippen molar-refractivity contribution in [3.63, 3.8) is 0 Å². The molecule has 0 aliphatic heterocycles. The van der Waals surface area contributed by atoms with Crippen molar-refractivity contribution in [3.8, 4) is 0 Å². The topological polar surface area (TPSA) is 81.4 Å². The Bertz CT molecular complexity index is 387. The van der Waals surface area contributed by atoms with E-state index in [1.165, 1.54) is 7.11 Å². The standard InChI is InChI=1S/C11H14N2O3/c1-7(11(15)16-2)13-10(14)8-3-5-9(12)6-4-8/h3-7H,12H2,1-2H3,(H,13,14)/t7-/m0/s1. The first-order valence-corrected chi connectivity index (χ1v) is 4.79. The number of nitrogens with two attached hydrogens (primary N) is 1. The van der Waals surface area contributed by atoms with Gasteiger partial charge in [-0.25, -0.2) is 4.79 Å². The van der Waals surface area contributed by atoms with E-state index >= 15 is 0 Å². The normalized spacial score (nSPS) is 11.6. The molecular formula is C11H14N2O3. The Morgan fingerprint density at radius 3 is 2.38 bits per heavy atom. The van der Waals surface area contributed by atoms with Crippen LogP contribution in [0.4, 0.5) is 5.69 Å². The Balaban J connectivity index is 2.65. The lowest BCUT2D eigenvalue weighted by molar-refractivity contribution is -0.142. The maximum absolute atomic E-state index is 11.6. The van der Waals surface area contributed by atoms with E-state index in [4.69, 9.17) is 5.73 Å². The SMILES string of the molecule is COC(=O)[C@H](C)NC(=O)c1ccc(N)cc1. The molecule has 0 fully saturated rings. The summed E-state index contributed by atoms with van der Waals surface area (Å²) in [6.07, 6.45) is 0. The molecule has 5 nitrogen and oxygen atoms in total. The number of ether oxygens (including phenoxy) is 1. The van der Waals surface area contributed by atoms with Gasteiger partial charge in [-0.3, -0.25) is 4.79 Å². The second-order valence-electron chi connectivity index (χ2n) is 3.34. The molecule has 0 heterocycles. The minimum atomic E-state index is -0.671. The molecule has 0 bridgehead atoms. The first kappa shape index (κ1) is 12.0. The second-order valence-corrected chi connectivity index (χ2v) is 3.34. The van der Waals surface area contributed by atoms with E-state index in [1.807, 2.05) is 0 Å². The smallest absolute Gasteiger partial charge is 0.328 e. The van der Waals surface area contributed by atoms with Gasteiger partial charge >= 0.3 is 5.97 Å². The van der Waals surface area contributed by atoms with Crippen molar-refractivity contribution in [2.45, 2.75) is 13.0 Å². The average Bonchev–Trinajstić information content (AvgIpc) is 2.28. The van der Waals surface area contributed by atoms with E-state index in [2.05, 4.69) is 10.1 Å². The molecule has 0 saturated carbocycles. The van der Waals surface area contributed by atoms with E-state index < -0.39 is 12.0 Å². The summed E-state index contributed by atoms with van der Waals surface area (Å²) in [5.41, 5.74) is 6.52. The van der Waals surface area contributed by atoms with Gasteiger partial charge in [-0.15, -0.1) is 0 Å². The number of carbonyl (C=O) groups excluding carboxylic acids is 2. The molecular weight excluding hydrogens is 208 g/mol. The maximum Gasteiger partial charge on any atom is 0.328 e. The number of nitrogens with one attached hydrogen (secondary N) is 1. The molecule has 86 valence electrons.